The van der Waals surface area contributed by atoms with Crippen LogP contribution in [0.25, 0.3) is 10.9 Å². The Kier molecular flexibility index (Phi) is 3.47. The zero-order valence-corrected chi connectivity index (χ0v) is 9.86. The molecule has 1 aromatic carbocycles. The molecule has 0 spiro atoms. The van der Waals surface area contributed by atoms with Crippen molar-refractivity contribution >= 4 is 10.9 Å². The van der Waals surface area contributed by atoms with Crippen LogP contribution in [-0.4, -0.2) is 37.1 Å². The van der Waals surface area contributed by atoms with Crippen LogP contribution in [0.1, 0.15) is 6.42 Å². The predicted octanol–water partition coefficient (Wildman–Crippen LogP) is 2.50. The molecule has 0 amide bonds. The number of fused-ring (bicyclic) bond motifs is 1. The normalized spacial score (nSPS) is 11.2. The summed E-state index contributed by atoms with van der Waals surface area (Å²) in [6.07, 6.45) is 3.00. The van der Waals surface area contributed by atoms with Crippen LogP contribution in [0.2, 0.25) is 0 Å². The molecule has 2 rings (SSSR count). The van der Waals surface area contributed by atoms with Gasteiger partial charge in [0.15, 0.2) is 0 Å². The van der Waals surface area contributed by atoms with Crippen LogP contribution in [0.3, 0.4) is 0 Å². The van der Waals surface area contributed by atoms with Gasteiger partial charge in [-0.2, -0.15) is 0 Å². The second kappa shape index (κ2) is 5.03. The van der Waals surface area contributed by atoms with Gasteiger partial charge in [-0.15, -0.1) is 0 Å². The number of rotatable bonds is 5. The summed E-state index contributed by atoms with van der Waals surface area (Å²) in [6.45, 7) is 1.83. The van der Waals surface area contributed by atoms with Gasteiger partial charge in [0.25, 0.3) is 0 Å². The Bertz CT molecular complexity index is 448. The van der Waals surface area contributed by atoms with Crippen molar-refractivity contribution < 1.29 is 4.74 Å². The zero-order valence-electron chi connectivity index (χ0n) is 9.86. The van der Waals surface area contributed by atoms with Crippen molar-refractivity contribution in [3.8, 4) is 5.75 Å². The van der Waals surface area contributed by atoms with Crippen LogP contribution < -0.4 is 4.74 Å². The summed E-state index contributed by atoms with van der Waals surface area (Å²) in [6, 6.07) is 8.19. The molecular weight excluding hydrogens is 200 g/mol. The highest BCUT2D eigenvalue weighted by Gasteiger charge is 1.98. The second-order valence-corrected chi connectivity index (χ2v) is 4.23. The molecule has 0 radical (unpaired) electrons. The first-order valence-electron chi connectivity index (χ1n) is 5.60. The van der Waals surface area contributed by atoms with Gasteiger partial charge in [0.1, 0.15) is 5.75 Å². The lowest BCUT2D eigenvalue weighted by molar-refractivity contribution is 0.282. The second-order valence-electron chi connectivity index (χ2n) is 4.23. The van der Waals surface area contributed by atoms with E-state index >= 15 is 0 Å². The Balaban J connectivity index is 1.89. The molecule has 0 aliphatic rings. The molecule has 1 heterocycles. The van der Waals surface area contributed by atoms with Crippen LogP contribution in [0.4, 0.5) is 0 Å². The Morgan fingerprint density at radius 3 is 2.94 bits per heavy atom. The van der Waals surface area contributed by atoms with E-state index in [1.165, 1.54) is 5.39 Å². The van der Waals surface area contributed by atoms with E-state index in [1.807, 2.05) is 12.3 Å². The van der Waals surface area contributed by atoms with Crippen LogP contribution in [0.5, 0.6) is 5.75 Å². The van der Waals surface area contributed by atoms with Gasteiger partial charge in [-0.3, -0.25) is 0 Å². The van der Waals surface area contributed by atoms with Crippen LogP contribution in [0.15, 0.2) is 30.5 Å². The summed E-state index contributed by atoms with van der Waals surface area (Å²) >= 11 is 0. The molecular formula is C13H18N2O. The zero-order chi connectivity index (χ0) is 11.4. The SMILES string of the molecule is CN(C)CCCOc1ccc2[nH]ccc2c1. The minimum Gasteiger partial charge on any atom is -0.494 e. The molecule has 2 aromatic rings. The van der Waals surface area contributed by atoms with E-state index in [1.54, 1.807) is 0 Å². The van der Waals surface area contributed by atoms with E-state index in [-0.39, 0.29) is 0 Å². The maximum absolute atomic E-state index is 5.69. The molecule has 3 nitrogen and oxygen atoms in total. The third kappa shape index (κ3) is 2.76. The van der Waals surface area contributed by atoms with Crippen molar-refractivity contribution in [1.82, 2.24) is 9.88 Å². The third-order valence-corrected chi connectivity index (χ3v) is 2.54. The number of aromatic nitrogens is 1. The first kappa shape index (κ1) is 11.0. The molecule has 0 saturated heterocycles. The monoisotopic (exact) mass is 218 g/mol. The van der Waals surface area contributed by atoms with E-state index in [0.29, 0.717) is 0 Å². The molecule has 0 bridgehead atoms. The Morgan fingerprint density at radius 1 is 1.25 bits per heavy atom. The van der Waals surface area contributed by atoms with Gasteiger partial charge in [0.05, 0.1) is 6.61 Å². The summed E-state index contributed by atoms with van der Waals surface area (Å²) in [4.78, 5) is 5.33. The molecule has 0 unspecified atom stereocenters. The molecule has 16 heavy (non-hydrogen) atoms. The summed E-state index contributed by atoms with van der Waals surface area (Å²) in [5, 5.41) is 1.20. The topological polar surface area (TPSA) is 28.3 Å². The van der Waals surface area contributed by atoms with Crippen LogP contribution >= 0.6 is 0 Å². The number of aromatic amines is 1. The Labute approximate surface area is 96.0 Å². The first-order valence-corrected chi connectivity index (χ1v) is 5.60. The number of nitrogens with zero attached hydrogens (tertiary/aromatic N) is 1. The fourth-order valence-corrected chi connectivity index (χ4v) is 1.69. The lowest BCUT2D eigenvalue weighted by Crippen LogP contribution is -2.15. The average molecular weight is 218 g/mol. The van der Waals surface area contributed by atoms with E-state index in [9.17, 15) is 0 Å². The maximum atomic E-state index is 5.69. The van der Waals surface area contributed by atoms with Gasteiger partial charge < -0.3 is 14.6 Å². The molecule has 86 valence electrons. The van der Waals surface area contributed by atoms with E-state index in [0.717, 1.165) is 30.8 Å². The fourth-order valence-electron chi connectivity index (χ4n) is 1.69. The average Bonchev–Trinajstić information content (AvgIpc) is 2.71. The molecule has 0 aliphatic carbocycles. The first-order chi connectivity index (χ1) is 7.75. The van der Waals surface area contributed by atoms with E-state index < -0.39 is 0 Å². The number of nitrogens with one attached hydrogen (secondary N) is 1. The predicted molar refractivity (Wildman–Crippen MR) is 67.0 cm³/mol. The fraction of sp³-hybridized carbons (Fsp3) is 0.385. The molecule has 0 fully saturated rings. The highest BCUT2D eigenvalue weighted by atomic mass is 16.5. The number of hydrogen-bond donors (Lipinski definition) is 1. The molecule has 1 aromatic heterocycles. The largest absolute Gasteiger partial charge is 0.494 e. The van der Waals surface area contributed by atoms with Crippen molar-refractivity contribution in [2.45, 2.75) is 6.42 Å². The maximum Gasteiger partial charge on any atom is 0.120 e. The minimum absolute atomic E-state index is 0.772. The van der Waals surface area contributed by atoms with E-state index in [2.05, 4.69) is 42.2 Å². The number of hydrogen-bond acceptors (Lipinski definition) is 2. The van der Waals surface area contributed by atoms with Crippen molar-refractivity contribution in [2.75, 3.05) is 27.2 Å². The van der Waals surface area contributed by atoms with Crippen molar-refractivity contribution in [3.05, 3.63) is 30.5 Å². The Hall–Kier alpha value is -1.48. The summed E-state index contributed by atoms with van der Waals surface area (Å²) in [5.41, 5.74) is 1.15. The highest BCUT2D eigenvalue weighted by molar-refractivity contribution is 5.80. The Morgan fingerprint density at radius 2 is 2.12 bits per heavy atom. The molecule has 0 aliphatic heterocycles. The summed E-state index contributed by atoms with van der Waals surface area (Å²) in [5.74, 6) is 0.950. The molecule has 0 saturated carbocycles. The minimum atomic E-state index is 0.772. The van der Waals surface area contributed by atoms with E-state index in [4.69, 9.17) is 4.74 Å². The molecule has 0 atom stereocenters. The molecule has 1 N–H and O–H groups in total. The summed E-state index contributed by atoms with van der Waals surface area (Å²) in [7, 11) is 4.15. The number of H-pyrrole nitrogens is 1. The van der Waals surface area contributed by atoms with Gasteiger partial charge in [0.2, 0.25) is 0 Å². The van der Waals surface area contributed by atoms with Crippen LogP contribution in [0, 0.1) is 0 Å². The van der Waals surface area contributed by atoms with Gasteiger partial charge in [-0.25, -0.2) is 0 Å². The van der Waals surface area contributed by atoms with Crippen molar-refractivity contribution in [1.29, 1.82) is 0 Å². The third-order valence-electron chi connectivity index (χ3n) is 2.54. The highest BCUT2D eigenvalue weighted by Crippen LogP contribution is 2.19. The molecule has 3 heteroatoms. The lowest BCUT2D eigenvalue weighted by Gasteiger charge is -2.10. The van der Waals surface area contributed by atoms with Crippen molar-refractivity contribution in [3.63, 3.8) is 0 Å². The number of ether oxygens (including phenoxy) is 1. The van der Waals surface area contributed by atoms with Gasteiger partial charge in [-0.1, -0.05) is 0 Å². The van der Waals surface area contributed by atoms with Crippen molar-refractivity contribution in [2.24, 2.45) is 0 Å². The van der Waals surface area contributed by atoms with Crippen LogP contribution in [-0.2, 0) is 0 Å². The number of benzene rings is 1. The lowest BCUT2D eigenvalue weighted by atomic mass is 10.2. The van der Waals surface area contributed by atoms with Gasteiger partial charge in [0, 0.05) is 23.6 Å². The van der Waals surface area contributed by atoms with Gasteiger partial charge >= 0.3 is 0 Å². The summed E-state index contributed by atoms with van der Waals surface area (Å²) < 4.78 is 5.69. The van der Waals surface area contributed by atoms with Gasteiger partial charge in [-0.05, 0) is 44.8 Å². The smallest absolute Gasteiger partial charge is 0.120 e. The quantitative estimate of drug-likeness (QED) is 0.781. The standard InChI is InChI=1S/C13H18N2O/c1-15(2)8-3-9-16-12-4-5-13-11(10-12)6-7-14-13/h4-7,10,14H,3,8-9H2,1-2H3.